The average Bonchev–Trinajstić information content (AvgIpc) is 2.53. The van der Waals surface area contributed by atoms with Crippen LogP contribution in [0.1, 0.15) is 19.4 Å². The van der Waals surface area contributed by atoms with Crippen LogP contribution in [0.2, 0.25) is 0 Å². The van der Waals surface area contributed by atoms with Crippen molar-refractivity contribution < 1.29 is 14.3 Å². The Balaban J connectivity index is 1.71. The van der Waals surface area contributed by atoms with Gasteiger partial charge in [-0.3, -0.25) is 4.79 Å². The molecule has 1 fully saturated rings. The fourth-order valence-corrected chi connectivity index (χ4v) is 2.50. The van der Waals surface area contributed by atoms with Gasteiger partial charge in [-0.15, -0.1) is 0 Å². The van der Waals surface area contributed by atoms with Gasteiger partial charge < -0.3 is 19.7 Å². The van der Waals surface area contributed by atoms with E-state index < -0.39 is 5.41 Å². The molecule has 1 aromatic carbocycles. The van der Waals surface area contributed by atoms with Gasteiger partial charge in [-0.05, 0) is 26.5 Å². The number of morpholine rings is 1. The van der Waals surface area contributed by atoms with Gasteiger partial charge in [0.1, 0.15) is 0 Å². The number of carbonyl (C=O) groups is 1. The third kappa shape index (κ3) is 5.94. The minimum absolute atomic E-state index is 0.00221. The third-order valence-corrected chi connectivity index (χ3v) is 4.02. The number of nitrogens with one attached hydrogen (secondary N) is 1. The number of hydrogen-bond acceptors (Lipinski definition) is 4. The van der Waals surface area contributed by atoms with E-state index in [1.165, 1.54) is 0 Å². The van der Waals surface area contributed by atoms with E-state index in [0.717, 1.165) is 25.3 Å². The zero-order valence-corrected chi connectivity index (χ0v) is 14.4. The van der Waals surface area contributed by atoms with E-state index in [2.05, 4.69) is 17.3 Å². The largest absolute Gasteiger partial charge is 0.376 e. The number of rotatable bonds is 7. The van der Waals surface area contributed by atoms with E-state index in [9.17, 15) is 4.79 Å². The zero-order valence-electron chi connectivity index (χ0n) is 14.4. The van der Waals surface area contributed by atoms with Crippen LogP contribution in [-0.2, 0) is 20.9 Å². The first-order valence-electron chi connectivity index (χ1n) is 8.17. The number of amides is 1. The van der Waals surface area contributed by atoms with Gasteiger partial charge in [0.05, 0.1) is 31.3 Å². The number of nitrogens with zero attached hydrogens (tertiary/aromatic N) is 1. The summed E-state index contributed by atoms with van der Waals surface area (Å²) in [6.07, 6.45) is 0.0683. The molecule has 1 atom stereocenters. The topological polar surface area (TPSA) is 50.8 Å². The highest BCUT2D eigenvalue weighted by Gasteiger charge is 2.29. The maximum absolute atomic E-state index is 12.4. The molecular weight excluding hydrogens is 292 g/mol. The van der Waals surface area contributed by atoms with Gasteiger partial charge in [-0.25, -0.2) is 0 Å². The highest BCUT2D eigenvalue weighted by atomic mass is 16.5. The van der Waals surface area contributed by atoms with Crippen molar-refractivity contribution in [3.8, 4) is 0 Å². The Labute approximate surface area is 139 Å². The summed E-state index contributed by atoms with van der Waals surface area (Å²) in [7, 11) is 2.07. The molecule has 0 aliphatic carbocycles. The van der Waals surface area contributed by atoms with Crippen molar-refractivity contribution >= 4 is 5.91 Å². The predicted octanol–water partition coefficient (Wildman–Crippen LogP) is 1.68. The molecule has 0 radical (unpaired) electrons. The van der Waals surface area contributed by atoms with Crippen LogP contribution in [0.15, 0.2) is 30.3 Å². The summed E-state index contributed by atoms with van der Waals surface area (Å²) in [4.78, 5) is 14.6. The van der Waals surface area contributed by atoms with E-state index >= 15 is 0 Å². The van der Waals surface area contributed by atoms with Gasteiger partial charge in [0.25, 0.3) is 0 Å². The molecule has 1 unspecified atom stereocenters. The van der Waals surface area contributed by atoms with E-state index in [1.807, 2.05) is 44.2 Å². The fourth-order valence-electron chi connectivity index (χ4n) is 2.50. The van der Waals surface area contributed by atoms with Crippen molar-refractivity contribution in [2.75, 3.05) is 39.9 Å². The summed E-state index contributed by atoms with van der Waals surface area (Å²) in [6.45, 7) is 7.79. The normalized spacial score (nSPS) is 19.5. The van der Waals surface area contributed by atoms with Crippen LogP contribution in [0, 0.1) is 5.41 Å². The Morgan fingerprint density at radius 3 is 2.83 bits per heavy atom. The molecule has 1 aromatic rings. The molecule has 1 aliphatic heterocycles. The minimum Gasteiger partial charge on any atom is -0.376 e. The molecule has 0 saturated carbocycles. The summed E-state index contributed by atoms with van der Waals surface area (Å²) in [6, 6.07) is 9.98. The van der Waals surface area contributed by atoms with Gasteiger partial charge in [-0.1, -0.05) is 30.3 Å². The van der Waals surface area contributed by atoms with Gasteiger partial charge >= 0.3 is 0 Å². The van der Waals surface area contributed by atoms with Gasteiger partial charge in [0.2, 0.25) is 5.91 Å². The molecule has 23 heavy (non-hydrogen) atoms. The lowest BCUT2D eigenvalue weighted by atomic mass is 9.93. The van der Waals surface area contributed by atoms with Crippen molar-refractivity contribution in [1.82, 2.24) is 10.2 Å². The van der Waals surface area contributed by atoms with Crippen LogP contribution >= 0.6 is 0 Å². The maximum Gasteiger partial charge on any atom is 0.228 e. The SMILES string of the molecule is CN1CCOC(CNC(=O)C(C)(C)COCc2ccccc2)C1. The van der Waals surface area contributed by atoms with Crippen molar-refractivity contribution in [1.29, 1.82) is 0 Å². The van der Waals surface area contributed by atoms with Crippen molar-refractivity contribution in [2.24, 2.45) is 5.41 Å². The number of benzene rings is 1. The van der Waals surface area contributed by atoms with Gasteiger partial charge in [-0.2, -0.15) is 0 Å². The summed E-state index contributed by atoms with van der Waals surface area (Å²) in [5.41, 5.74) is 0.553. The molecule has 5 heteroatoms. The summed E-state index contributed by atoms with van der Waals surface area (Å²) >= 11 is 0. The van der Waals surface area contributed by atoms with E-state index in [1.54, 1.807) is 0 Å². The third-order valence-electron chi connectivity index (χ3n) is 4.02. The Kier molecular flexibility index (Phi) is 6.57. The Bertz CT molecular complexity index is 490. The quantitative estimate of drug-likeness (QED) is 0.830. The first-order valence-corrected chi connectivity index (χ1v) is 8.17. The van der Waals surface area contributed by atoms with Crippen molar-refractivity contribution in [3.05, 3.63) is 35.9 Å². The van der Waals surface area contributed by atoms with Gasteiger partial charge in [0, 0.05) is 19.6 Å². The maximum atomic E-state index is 12.4. The van der Waals surface area contributed by atoms with Crippen LogP contribution < -0.4 is 5.32 Å². The highest BCUT2D eigenvalue weighted by molar-refractivity contribution is 5.81. The van der Waals surface area contributed by atoms with Gasteiger partial charge in [0.15, 0.2) is 0 Å². The van der Waals surface area contributed by atoms with Crippen LogP contribution in [0.5, 0.6) is 0 Å². The average molecular weight is 320 g/mol. The molecule has 1 amide bonds. The Morgan fingerprint density at radius 2 is 2.13 bits per heavy atom. The van der Waals surface area contributed by atoms with E-state index in [4.69, 9.17) is 9.47 Å². The lowest BCUT2D eigenvalue weighted by Crippen LogP contribution is -2.48. The highest BCUT2D eigenvalue weighted by Crippen LogP contribution is 2.17. The zero-order chi connectivity index (χ0) is 16.7. The molecule has 1 saturated heterocycles. The Hall–Kier alpha value is -1.43. The van der Waals surface area contributed by atoms with Crippen LogP contribution in [0.25, 0.3) is 0 Å². The lowest BCUT2D eigenvalue weighted by Gasteiger charge is -2.31. The standard InChI is InChI=1S/C18H28N2O3/c1-18(2,14-22-13-15-7-5-4-6-8-15)17(21)19-11-16-12-20(3)9-10-23-16/h4-8,16H,9-14H2,1-3H3,(H,19,21). The van der Waals surface area contributed by atoms with Crippen LogP contribution in [-0.4, -0.2) is 56.8 Å². The summed E-state index contributed by atoms with van der Waals surface area (Å²) in [5, 5.41) is 2.99. The first kappa shape index (κ1) is 17.9. The number of ether oxygens (including phenoxy) is 2. The van der Waals surface area contributed by atoms with Crippen molar-refractivity contribution in [2.45, 2.75) is 26.6 Å². The fraction of sp³-hybridized carbons (Fsp3) is 0.611. The molecular formula is C18H28N2O3. The molecule has 1 N–H and O–H groups in total. The van der Waals surface area contributed by atoms with Crippen LogP contribution in [0.3, 0.4) is 0 Å². The minimum atomic E-state index is -0.560. The second-order valence-electron chi connectivity index (χ2n) is 6.83. The van der Waals surface area contributed by atoms with E-state index in [-0.39, 0.29) is 12.0 Å². The molecule has 5 nitrogen and oxygen atoms in total. The molecule has 1 aliphatic rings. The predicted molar refractivity (Wildman–Crippen MR) is 90.1 cm³/mol. The first-order chi connectivity index (χ1) is 11.0. The summed E-state index contributed by atoms with van der Waals surface area (Å²) < 4.78 is 11.4. The monoisotopic (exact) mass is 320 g/mol. The second-order valence-corrected chi connectivity index (χ2v) is 6.83. The molecule has 0 bridgehead atoms. The Morgan fingerprint density at radius 1 is 1.39 bits per heavy atom. The second kappa shape index (κ2) is 8.43. The lowest BCUT2D eigenvalue weighted by molar-refractivity contribution is -0.134. The number of carbonyl (C=O) groups excluding carboxylic acids is 1. The number of hydrogen-bond donors (Lipinski definition) is 1. The smallest absolute Gasteiger partial charge is 0.228 e. The molecule has 0 spiro atoms. The van der Waals surface area contributed by atoms with Crippen molar-refractivity contribution in [3.63, 3.8) is 0 Å². The summed E-state index contributed by atoms with van der Waals surface area (Å²) in [5.74, 6) is 0.00221. The molecule has 2 rings (SSSR count). The van der Waals surface area contributed by atoms with Crippen LogP contribution in [0.4, 0.5) is 0 Å². The number of likely N-dealkylation sites (N-methyl/N-ethyl adjacent to an activating group) is 1. The molecule has 1 heterocycles. The van der Waals surface area contributed by atoms with E-state index in [0.29, 0.717) is 19.8 Å². The molecule has 128 valence electrons. The molecule has 0 aromatic heterocycles.